The van der Waals surface area contributed by atoms with Crippen LogP contribution in [0.1, 0.15) is 19.4 Å². The van der Waals surface area contributed by atoms with E-state index in [2.05, 4.69) is 0 Å². The van der Waals surface area contributed by atoms with E-state index in [1.807, 2.05) is 6.92 Å². The summed E-state index contributed by atoms with van der Waals surface area (Å²) in [7, 11) is 1.54. The first-order valence-corrected chi connectivity index (χ1v) is 8.53. The number of hydrogen-bond acceptors (Lipinski definition) is 7. The molecule has 0 bridgehead atoms. The first-order chi connectivity index (χ1) is 12.0. The van der Waals surface area contributed by atoms with E-state index in [0.29, 0.717) is 23.7 Å². The summed E-state index contributed by atoms with van der Waals surface area (Å²) in [5.41, 5.74) is 0.686. The molecule has 0 N–H and O–H groups in total. The molecule has 2 rings (SSSR count). The Labute approximate surface area is 149 Å². The van der Waals surface area contributed by atoms with E-state index < -0.39 is 17.1 Å². The fourth-order valence-corrected chi connectivity index (χ4v) is 3.01. The van der Waals surface area contributed by atoms with E-state index >= 15 is 0 Å². The third-order valence-corrected chi connectivity index (χ3v) is 4.16. The van der Waals surface area contributed by atoms with E-state index in [1.165, 1.54) is 7.11 Å². The fraction of sp³-hybridized carbons (Fsp3) is 0.353. The summed E-state index contributed by atoms with van der Waals surface area (Å²) in [6.07, 6.45) is 1.58. The number of amides is 2. The fourth-order valence-electron chi connectivity index (χ4n) is 2.17. The van der Waals surface area contributed by atoms with Crippen LogP contribution in [0.5, 0.6) is 11.5 Å². The molecule has 1 fully saturated rings. The van der Waals surface area contributed by atoms with E-state index in [1.54, 1.807) is 31.2 Å². The van der Waals surface area contributed by atoms with E-state index in [9.17, 15) is 14.4 Å². The van der Waals surface area contributed by atoms with Crippen LogP contribution in [-0.4, -0.2) is 48.9 Å². The van der Waals surface area contributed by atoms with Crippen LogP contribution < -0.4 is 9.47 Å². The Morgan fingerprint density at radius 2 is 1.96 bits per heavy atom. The summed E-state index contributed by atoms with van der Waals surface area (Å²) in [5, 5.41) is -0.497. The molecule has 0 spiro atoms. The molecule has 1 saturated heterocycles. The standard InChI is InChI=1S/C17H19NO6S/c1-4-23-13-8-11(6-7-12(13)22-3)9-14-16(20)18(17(21)25-14)10-15(19)24-5-2/h6-9H,4-5,10H2,1-3H3. The van der Waals surface area contributed by atoms with Gasteiger partial charge in [-0.25, -0.2) is 0 Å². The number of imide groups is 1. The van der Waals surface area contributed by atoms with Crippen molar-refractivity contribution in [1.29, 1.82) is 0 Å². The van der Waals surface area contributed by atoms with Crippen LogP contribution in [0.15, 0.2) is 23.1 Å². The van der Waals surface area contributed by atoms with Gasteiger partial charge in [0.25, 0.3) is 11.1 Å². The lowest BCUT2D eigenvalue weighted by Crippen LogP contribution is -2.34. The van der Waals surface area contributed by atoms with Gasteiger partial charge in [0, 0.05) is 0 Å². The number of carbonyl (C=O) groups is 3. The van der Waals surface area contributed by atoms with Gasteiger partial charge in [-0.05, 0) is 49.4 Å². The zero-order chi connectivity index (χ0) is 18.4. The molecule has 0 aliphatic carbocycles. The van der Waals surface area contributed by atoms with Crippen LogP contribution in [0.4, 0.5) is 4.79 Å². The van der Waals surface area contributed by atoms with Gasteiger partial charge in [0.2, 0.25) is 0 Å². The molecule has 7 nitrogen and oxygen atoms in total. The third kappa shape index (κ3) is 4.54. The molecule has 0 atom stereocenters. The molecule has 1 heterocycles. The summed E-state index contributed by atoms with van der Waals surface area (Å²) in [6.45, 7) is 3.79. The molecule has 0 saturated carbocycles. The number of hydrogen-bond donors (Lipinski definition) is 0. The van der Waals surface area contributed by atoms with Gasteiger partial charge in [-0.2, -0.15) is 0 Å². The molecule has 1 aliphatic heterocycles. The predicted octanol–water partition coefficient (Wildman–Crippen LogP) is 2.69. The second-order valence-corrected chi connectivity index (χ2v) is 5.91. The van der Waals surface area contributed by atoms with Crippen LogP contribution in [0, 0.1) is 0 Å². The monoisotopic (exact) mass is 365 g/mol. The van der Waals surface area contributed by atoms with Crippen molar-refractivity contribution in [3.63, 3.8) is 0 Å². The third-order valence-electron chi connectivity index (χ3n) is 3.25. The van der Waals surface area contributed by atoms with Crippen LogP contribution >= 0.6 is 11.8 Å². The average Bonchev–Trinajstić information content (AvgIpc) is 2.83. The lowest BCUT2D eigenvalue weighted by Gasteiger charge is -2.11. The van der Waals surface area contributed by atoms with Gasteiger partial charge in [-0.1, -0.05) is 6.07 Å². The summed E-state index contributed by atoms with van der Waals surface area (Å²) in [5.74, 6) is -0.00937. The highest BCUT2D eigenvalue weighted by Gasteiger charge is 2.36. The minimum atomic E-state index is -0.617. The smallest absolute Gasteiger partial charge is 0.326 e. The molecule has 8 heteroatoms. The van der Waals surface area contributed by atoms with E-state index in [0.717, 1.165) is 16.7 Å². The van der Waals surface area contributed by atoms with Crippen molar-refractivity contribution in [2.24, 2.45) is 0 Å². The van der Waals surface area contributed by atoms with Gasteiger partial charge >= 0.3 is 5.97 Å². The number of carbonyl (C=O) groups excluding carboxylic acids is 3. The Bertz CT molecular complexity index is 715. The zero-order valence-electron chi connectivity index (χ0n) is 14.2. The molecular weight excluding hydrogens is 346 g/mol. The Balaban J connectivity index is 2.21. The quantitative estimate of drug-likeness (QED) is 0.543. The predicted molar refractivity (Wildman–Crippen MR) is 93.5 cm³/mol. The Morgan fingerprint density at radius 1 is 1.20 bits per heavy atom. The van der Waals surface area contributed by atoms with Crippen molar-refractivity contribution in [2.75, 3.05) is 26.9 Å². The maximum absolute atomic E-state index is 12.3. The number of nitrogens with zero attached hydrogens (tertiary/aromatic N) is 1. The van der Waals surface area contributed by atoms with Gasteiger partial charge in [-0.15, -0.1) is 0 Å². The SMILES string of the molecule is CCOC(=O)CN1C(=O)SC(=Cc2ccc(OC)c(OCC)c2)C1=O. The lowest BCUT2D eigenvalue weighted by atomic mass is 10.2. The topological polar surface area (TPSA) is 82.1 Å². The molecule has 25 heavy (non-hydrogen) atoms. The maximum atomic E-state index is 12.3. The van der Waals surface area contributed by atoms with Crippen molar-refractivity contribution in [2.45, 2.75) is 13.8 Å². The lowest BCUT2D eigenvalue weighted by molar-refractivity contribution is -0.145. The number of esters is 1. The molecule has 2 amide bonds. The maximum Gasteiger partial charge on any atom is 0.326 e. The zero-order valence-corrected chi connectivity index (χ0v) is 15.1. The number of methoxy groups -OCH3 is 1. The minimum Gasteiger partial charge on any atom is -0.493 e. The van der Waals surface area contributed by atoms with Crippen molar-refractivity contribution < 1.29 is 28.6 Å². The molecule has 134 valence electrons. The highest BCUT2D eigenvalue weighted by Crippen LogP contribution is 2.34. The summed E-state index contributed by atoms with van der Waals surface area (Å²) < 4.78 is 15.5. The minimum absolute atomic E-state index is 0.191. The molecule has 0 radical (unpaired) electrons. The van der Waals surface area contributed by atoms with Crippen LogP contribution in [0.2, 0.25) is 0 Å². The Morgan fingerprint density at radius 3 is 2.60 bits per heavy atom. The molecule has 1 aromatic carbocycles. The van der Waals surface area contributed by atoms with Crippen molar-refractivity contribution in [3.05, 3.63) is 28.7 Å². The van der Waals surface area contributed by atoms with Crippen molar-refractivity contribution in [3.8, 4) is 11.5 Å². The number of thioether (sulfide) groups is 1. The van der Waals surface area contributed by atoms with Crippen molar-refractivity contribution in [1.82, 2.24) is 4.90 Å². The summed E-state index contributed by atoms with van der Waals surface area (Å²) >= 11 is 0.785. The van der Waals surface area contributed by atoms with Crippen LogP contribution in [0.3, 0.4) is 0 Å². The first-order valence-electron chi connectivity index (χ1n) is 7.72. The Kier molecular flexibility index (Phi) is 6.46. The molecule has 1 aromatic rings. The number of ether oxygens (including phenoxy) is 3. The van der Waals surface area contributed by atoms with Gasteiger partial charge in [0.1, 0.15) is 6.54 Å². The highest BCUT2D eigenvalue weighted by molar-refractivity contribution is 8.18. The van der Waals surface area contributed by atoms with Crippen molar-refractivity contribution >= 4 is 35.0 Å². The first kappa shape index (κ1) is 18.9. The second kappa shape index (κ2) is 8.57. The highest BCUT2D eigenvalue weighted by atomic mass is 32.2. The van der Waals surface area contributed by atoms with Gasteiger partial charge in [0.15, 0.2) is 11.5 Å². The van der Waals surface area contributed by atoms with Crippen LogP contribution in [0.25, 0.3) is 6.08 Å². The van der Waals surface area contributed by atoms with E-state index in [-0.39, 0.29) is 18.1 Å². The van der Waals surface area contributed by atoms with Gasteiger partial charge < -0.3 is 14.2 Å². The molecule has 0 unspecified atom stereocenters. The molecule has 1 aliphatic rings. The average molecular weight is 365 g/mol. The number of rotatable bonds is 7. The normalized spacial score (nSPS) is 15.6. The molecule has 0 aromatic heterocycles. The van der Waals surface area contributed by atoms with Gasteiger partial charge in [0.05, 0.1) is 25.2 Å². The van der Waals surface area contributed by atoms with E-state index in [4.69, 9.17) is 14.2 Å². The summed E-state index contributed by atoms with van der Waals surface area (Å²) in [6, 6.07) is 5.20. The molecular formula is C17H19NO6S. The van der Waals surface area contributed by atoms with Crippen LogP contribution in [-0.2, 0) is 14.3 Å². The largest absolute Gasteiger partial charge is 0.493 e. The summed E-state index contributed by atoms with van der Waals surface area (Å²) in [4.78, 5) is 36.9. The van der Waals surface area contributed by atoms with Gasteiger partial charge in [-0.3, -0.25) is 19.3 Å². The second-order valence-electron chi connectivity index (χ2n) is 4.92. The Hall–Kier alpha value is -2.48. The number of benzene rings is 1.